The molecule has 594 valence electrons. The highest BCUT2D eigenvalue weighted by atomic mass is 16.6. The first-order valence-corrected chi connectivity index (χ1v) is 34.2. The van der Waals surface area contributed by atoms with Gasteiger partial charge < -0.3 is 102 Å². The van der Waals surface area contributed by atoms with Crippen LogP contribution in [0.3, 0.4) is 0 Å². The topological polar surface area (TPSA) is 508 Å². The third-order valence-corrected chi connectivity index (χ3v) is 14.7. The second kappa shape index (κ2) is 52.0. The largest absolute Gasteiger partial charge is 0.508 e. The third kappa shape index (κ3) is 43.4. The Morgan fingerprint density at radius 2 is 0.648 bits per heavy atom. The van der Waals surface area contributed by atoms with E-state index in [2.05, 4.69) is 40.8 Å². The van der Waals surface area contributed by atoms with E-state index in [4.69, 9.17) is 50.6 Å². The Morgan fingerprint density at radius 3 is 0.917 bits per heavy atom. The van der Waals surface area contributed by atoms with Gasteiger partial charge in [0.1, 0.15) is 40.8 Å². The lowest BCUT2D eigenvalue weighted by Gasteiger charge is -2.22. The van der Waals surface area contributed by atoms with Crippen molar-refractivity contribution in [3.8, 4) is 28.7 Å². The van der Waals surface area contributed by atoms with E-state index >= 15 is 0 Å². The maximum absolute atomic E-state index is 12.0. The normalized spacial score (nSPS) is 11.9. The van der Waals surface area contributed by atoms with Crippen LogP contribution in [0.25, 0.3) is 0 Å². The first-order chi connectivity index (χ1) is 50.9. The third-order valence-electron chi connectivity index (χ3n) is 14.7. The highest BCUT2D eigenvalue weighted by Gasteiger charge is 2.28. The van der Waals surface area contributed by atoms with Crippen LogP contribution in [0.1, 0.15) is 128 Å². The molecule has 32 heteroatoms. The van der Waals surface area contributed by atoms with Gasteiger partial charge in [0, 0.05) is 51.6 Å². The number of methoxy groups -OCH3 is 3. The van der Waals surface area contributed by atoms with Gasteiger partial charge >= 0.3 is 29.8 Å². The second-order valence-corrected chi connectivity index (χ2v) is 24.8. The van der Waals surface area contributed by atoms with Gasteiger partial charge in [-0.05, 0) is 156 Å². The predicted octanol–water partition coefficient (Wildman–Crippen LogP) is 3.52. The van der Waals surface area contributed by atoms with Crippen LogP contribution in [-0.4, -0.2) is 201 Å². The number of carbonyl (C=O) groups excluding carboxylic acids is 10. The van der Waals surface area contributed by atoms with Crippen LogP contribution < -0.4 is 46.5 Å². The summed E-state index contributed by atoms with van der Waals surface area (Å²) in [5.74, 6) is -4.25. The highest BCUT2D eigenvalue weighted by molar-refractivity contribution is 5.91. The molecule has 5 atom stereocenters. The number of phenols is 2. The molecular formula is C76H104N6O26. The van der Waals surface area contributed by atoms with Crippen molar-refractivity contribution in [1.29, 1.82) is 0 Å². The maximum Gasteiger partial charge on any atom is 0.326 e. The number of ketones is 2. The minimum absolute atomic E-state index is 0.00236. The number of aromatic hydroxyl groups is 2. The molecule has 32 nitrogen and oxygen atoms in total. The molecule has 5 amide bonds. The molecule has 0 saturated heterocycles. The number of Topliss-reactive ketones (excluding diaryl/α,β-unsaturated/α-hetero) is 2. The molecule has 15 N–H and O–H groups in total. The van der Waals surface area contributed by atoms with Crippen LogP contribution >= 0.6 is 0 Å². The molecule has 0 aliphatic rings. The molecular weight excluding hydrogens is 1410 g/mol. The molecule has 0 aromatic heterocycles. The average Bonchev–Trinajstić information content (AvgIpc) is 0.882. The van der Waals surface area contributed by atoms with Crippen molar-refractivity contribution in [2.45, 2.75) is 193 Å². The fraction of sp³-hybridized carbons (Fsp3) is 0.447. The number of aliphatic carboxylic acids is 2. The fourth-order valence-electron chi connectivity index (χ4n) is 9.08. The predicted molar refractivity (Wildman–Crippen MR) is 392 cm³/mol. The van der Waals surface area contributed by atoms with Crippen LogP contribution in [0.5, 0.6) is 28.7 Å². The number of amides is 5. The summed E-state index contributed by atoms with van der Waals surface area (Å²) in [5.41, 5.74) is 9.87. The van der Waals surface area contributed by atoms with Gasteiger partial charge in [-0.1, -0.05) is 60.7 Å². The fourth-order valence-corrected chi connectivity index (χ4v) is 9.08. The number of aliphatic hydroxyl groups excluding tert-OH is 2. The van der Waals surface area contributed by atoms with Gasteiger partial charge in [-0.25, -0.2) is 4.79 Å². The van der Waals surface area contributed by atoms with Crippen molar-refractivity contribution in [1.82, 2.24) is 26.6 Å². The molecule has 0 saturated carbocycles. The molecule has 0 heterocycles. The van der Waals surface area contributed by atoms with Crippen molar-refractivity contribution in [3.05, 3.63) is 149 Å². The van der Waals surface area contributed by atoms with Gasteiger partial charge in [0.05, 0.1) is 71.3 Å². The molecule has 5 aromatic carbocycles. The Labute approximate surface area is 627 Å². The molecule has 5 aromatic rings. The number of nitrogens with one attached hydrogen (secondary N) is 5. The van der Waals surface area contributed by atoms with E-state index in [0.717, 1.165) is 34.4 Å². The number of carboxylic acids is 2. The molecule has 0 radical (unpaired) electrons. The SMILES string of the molecule is CNC(=O)C(Cc1ccc(OC(C(O)O)C(O)O)cc1)NC(=O)CCC(=O)O.COC(=O)CCC(=O)NC(Cc1ccc(O)cc1)C(C)=O.COC(=O)CCC(=O)NC(Cc1ccc(OC(C)C)cc1)C(=O)O.COC(=O)CCC(=O)NC(Cc1ccc(OC(C)C)cc1)C(C)=O.C[C@@H](N)Cc1ccc(O)cc1. The summed E-state index contributed by atoms with van der Waals surface area (Å²) >= 11 is 0. The summed E-state index contributed by atoms with van der Waals surface area (Å²) in [4.78, 5) is 137. The molecule has 0 fully saturated rings. The summed E-state index contributed by atoms with van der Waals surface area (Å²) in [6.07, 6.45) is -4.79. The van der Waals surface area contributed by atoms with Crippen molar-refractivity contribution in [2.24, 2.45) is 5.73 Å². The zero-order chi connectivity index (χ0) is 81.6. The van der Waals surface area contributed by atoms with Gasteiger partial charge in [0.15, 0.2) is 30.3 Å². The van der Waals surface area contributed by atoms with E-state index in [1.165, 1.54) is 66.5 Å². The standard InChI is InChI=1S/C18H25NO5.C17H24N2O9.C17H23NO6.C15H19NO5.C9H13NO/c1-12(2)24-15-7-5-14(6-8-15)11-16(13(3)20)19-17(21)9-10-18(22)23-4;1-18-15(23)11(19-12(20)6-7-13(21)22)8-9-2-4-10(5-3-9)28-14(16(24)25)17(26)27;1-11(2)24-13-6-4-12(5-7-13)10-14(17(21)22)18-15(19)8-9-16(20)23-3;1-10(17)13(9-11-3-5-12(18)6-4-11)16-14(19)7-8-15(20)21-2;1-7(10)6-8-2-4-9(11)5-3-8/h5-8,12,16H,9-11H2,1-4H3,(H,19,21);2-5,11,14,16-17,24-27H,6-8H2,1H3,(H,18,23)(H,19,20)(H,21,22);4-7,11,14H,8-10H2,1-3H3,(H,18,19)(H,21,22);3-6,13,18H,7-9H2,1-2H3,(H,16,19);2-5,7,11H,6,10H2,1H3/t;;;;7-/m....1/s1. The molecule has 0 aliphatic heterocycles. The number of ether oxygens (including phenoxy) is 6. The van der Waals surface area contributed by atoms with Crippen LogP contribution in [0.15, 0.2) is 121 Å². The Kier molecular flexibility index (Phi) is 45.7. The number of benzene rings is 5. The summed E-state index contributed by atoms with van der Waals surface area (Å²) in [6.45, 7) is 12.5. The van der Waals surface area contributed by atoms with Crippen molar-refractivity contribution < 1.29 is 127 Å². The summed E-state index contributed by atoms with van der Waals surface area (Å²) < 4.78 is 29.6. The van der Waals surface area contributed by atoms with Crippen LogP contribution in [0.2, 0.25) is 0 Å². The van der Waals surface area contributed by atoms with Crippen LogP contribution in [0, 0.1) is 0 Å². The van der Waals surface area contributed by atoms with Gasteiger partial charge in [-0.15, -0.1) is 0 Å². The van der Waals surface area contributed by atoms with E-state index in [1.54, 1.807) is 60.7 Å². The highest BCUT2D eigenvalue weighted by Crippen LogP contribution is 2.20. The lowest BCUT2D eigenvalue weighted by Crippen LogP contribution is -2.47. The first kappa shape index (κ1) is 95.0. The number of likely N-dealkylation sites (N-methyl/N-ethyl adjacent to an activating group) is 1. The van der Waals surface area contributed by atoms with Gasteiger partial charge in [0.25, 0.3) is 0 Å². The molecule has 0 spiro atoms. The van der Waals surface area contributed by atoms with Gasteiger partial charge in [0.2, 0.25) is 29.5 Å². The first-order valence-electron chi connectivity index (χ1n) is 34.2. The van der Waals surface area contributed by atoms with Crippen molar-refractivity contribution >= 4 is 70.9 Å². The van der Waals surface area contributed by atoms with E-state index in [-0.39, 0.29) is 117 Å². The number of phenolic OH excluding ortho intramolecular Hbond substituents is 2. The number of carboxylic acid groups (broad SMARTS) is 2. The number of esters is 3. The lowest BCUT2D eigenvalue weighted by molar-refractivity contribution is -0.201. The minimum Gasteiger partial charge on any atom is -0.508 e. The van der Waals surface area contributed by atoms with Gasteiger partial charge in [-0.2, -0.15) is 0 Å². The van der Waals surface area contributed by atoms with Crippen LogP contribution in [-0.2, 0) is 104 Å². The van der Waals surface area contributed by atoms with E-state index < -0.39 is 90.4 Å². The van der Waals surface area contributed by atoms with Gasteiger partial charge in [-0.3, -0.25) is 52.7 Å². The molecule has 0 bridgehead atoms. The Morgan fingerprint density at radius 1 is 0.380 bits per heavy atom. The Hall–Kier alpha value is -11.1. The number of hydrogen-bond acceptors (Lipinski definition) is 25. The average molecular weight is 1520 g/mol. The molecule has 5 rings (SSSR count). The van der Waals surface area contributed by atoms with E-state index in [0.29, 0.717) is 29.9 Å². The second-order valence-electron chi connectivity index (χ2n) is 24.8. The summed E-state index contributed by atoms with van der Waals surface area (Å²) in [6, 6.07) is 30.8. The smallest absolute Gasteiger partial charge is 0.326 e. The Balaban J connectivity index is 0.000000689. The van der Waals surface area contributed by atoms with E-state index in [9.17, 15) is 67.7 Å². The monoisotopic (exact) mass is 1520 g/mol. The zero-order valence-corrected chi connectivity index (χ0v) is 62.5. The molecule has 4 unspecified atom stereocenters. The minimum atomic E-state index is -2.11. The molecule has 0 aliphatic carbocycles. The van der Waals surface area contributed by atoms with Crippen LogP contribution in [0.4, 0.5) is 0 Å². The summed E-state index contributed by atoms with van der Waals surface area (Å²) in [5, 5.41) is 84.8. The van der Waals surface area contributed by atoms with Crippen molar-refractivity contribution in [3.63, 3.8) is 0 Å². The number of aliphatic hydroxyl groups is 4. The quantitative estimate of drug-likeness (QED) is 0.0153. The lowest BCUT2D eigenvalue weighted by atomic mass is 10.0. The number of carbonyl (C=O) groups is 12. The Bertz CT molecular complexity index is 3480. The number of nitrogens with two attached hydrogens (primary N) is 1. The summed E-state index contributed by atoms with van der Waals surface area (Å²) in [7, 11) is 5.15. The zero-order valence-electron chi connectivity index (χ0n) is 62.5. The van der Waals surface area contributed by atoms with Crippen molar-refractivity contribution in [2.75, 3.05) is 28.4 Å². The maximum atomic E-state index is 12.0. The molecule has 108 heavy (non-hydrogen) atoms. The van der Waals surface area contributed by atoms with E-state index in [1.807, 2.05) is 71.0 Å². The number of hydrogen-bond donors (Lipinski definition) is 14. The number of rotatable bonds is 38.